The standard InChI is InChI=1S/C23H28N2O2/c1-18-4-2-5-19(14-18)16-27-21-7-3-6-20(15-21)22(26)25-12-9-23(10-13-25)8-11-24-17-23/h2-7,14-15,24H,8-13,16-17H2,1H3. The van der Waals surface area contributed by atoms with Gasteiger partial charge in [0.15, 0.2) is 0 Å². The third-order valence-corrected chi connectivity index (χ3v) is 6.01. The lowest BCUT2D eigenvalue weighted by Crippen LogP contribution is -2.44. The van der Waals surface area contributed by atoms with Gasteiger partial charge < -0.3 is 15.0 Å². The van der Waals surface area contributed by atoms with Crippen molar-refractivity contribution in [3.05, 3.63) is 65.2 Å². The normalized spacial score (nSPS) is 18.6. The van der Waals surface area contributed by atoms with Crippen molar-refractivity contribution in [2.45, 2.75) is 32.8 Å². The van der Waals surface area contributed by atoms with Gasteiger partial charge in [0, 0.05) is 25.2 Å². The van der Waals surface area contributed by atoms with Gasteiger partial charge >= 0.3 is 0 Å². The first-order chi connectivity index (χ1) is 13.1. The van der Waals surface area contributed by atoms with Crippen LogP contribution in [0.1, 0.15) is 40.7 Å². The van der Waals surface area contributed by atoms with Crippen LogP contribution >= 0.6 is 0 Å². The molecule has 2 saturated heterocycles. The molecule has 2 aliphatic heterocycles. The molecule has 4 nitrogen and oxygen atoms in total. The third kappa shape index (κ3) is 4.16. The number of hydrogen-bond acceptors (Lipinski definition) is 3. The zero-order valence-electron chi connectivity index (χ0n) is 16.0. The summed E-state index contributed by atoms with van der Waals surface area (Å²) in [5, 5.41) is 3.48. The van der Waals surface area contributed by atoms with E-state index < -0.39 is 0 Å². The Morgan fingerprint density at radius 2 is 1.93 bits per heavy atom. The van der Waals surface area contributed by atoms with E-state index in [0.29, 0.717) is 12.0 Å². The summed E-state index contributed by atoms with van der Waals surface area (Å²) in [6.07, 6.45) is 3.46. The Hall–Kier alpha value is -2.33. The lowest BCUT2D eigenvalue weighted by Gasteiger charge is -2.38. The van der Waals surface area contributed by atoms with Crippen molar-refractivity contribution in [3.63, 3.8) is 0 Å². The van der Waals surface area contributed by atoms with Crippen LogP contribution in [0.15, 0.2) is 48.5 Å². The zero-order valence-corrected chi connectivity index (χ0v) is 16.0. The summed E-state index contributed by atoms with van der Waals surface area (Å²) in [4.78, 5) is 14.9. The number of carbonyl (C=O) groups is 1. The minimum absolute atomic E-state index is 0.122. The molecule has 2 heterocycles. The first-order valence-electron chi connectivity index (χ1n) is 9.92. The van der Waals surface area contributed by atoms with Crippen LogP contribution in [-0.2, 0) is 6.61 Å². The second-order valence-corrected chi connectivity index (χ2v) is 8.02. The van der Waals surface area contributed by atoms with Crippen LogP contribution in [0.25, 0.3) is 0 Å². The summed E-state index contributed by atoms with van der Waals surface area (Å²) in [5.41, 5.74) is 3.51. The predicted molar refractivity (Wildman–Crippen MR) is 107 cm³/mol. The second-order valence-electron chi connectivity index (χ2n) is 8.02. The average Bonchev–Trinajstić information content (AvgIpc) is 3.15. The number of nitrogens with one attached hydrogen (secondary N) is 1. The van der Waals surface area contributed by atoms with Gasteiger partial charge in [-0.05, 0) is 61.9 Å². The number of likely N-dealkylation sites (tertiary alicyclic amines) is 1. The lowest BCUT2D eigenvalue weighted by molar-refractivity contribution is 0.0607. The van der Waals surface area contributed by atoms with Crippen LogP contribution < -0.4 is 10.1 Å². The first kappa shape index (κ1) is 18.1. The summed E-state index contributed by atoms with van der Waals surface area (Å²) >= 11 is 0. The van der Waals surface area contributed by atoms with E-state index in [4.69, 9.17) is 4.74 Å². The molecule has 4 rings (SSSR count). The van der Waals surface area contributed by atoms with Crippen LogP contribution in [0.5, 0.6) is 5.75 Å². The Kier molecular flexibility index (Phi) is 5.17. The molecule has 0 unspecified atom stereocenters. The summed E-state index contributed by atoms with van der Waals surface area (Å²) in [6, 6.07) is 15.9. The van der Waals surface area contributed by atoms with E-state index in [2.05, 4.69) is 30.4 Å². The maximum atomic E-state index is 12.9. The minimum Gasteiger partial charge on any atom is -0.489 e. The molecule has 0 aliphatic carbocycles. The molecule has 2 aromatic carbocycles. The highest BCUT2D eigenvalue weighted by atomic mass is 16.5. The molecule has 1 spiro atoms. The molecular weight excluding hydrogens is 336 g/mol. The highest BCUT2D eigenvalue weighted by Gasteiger charge is 2.38. The van der Waals surface area contributed by atoms with E-state index in [1.54, 1.807) is 0 Å². The molecule has 2 aromatic rings. The topological polar surface area (TPSA) is 41.6 Å². The van der Waals surface area contributed by atoms with Crippen LogP contribution in [0.3, 0.4) is 0 Å². The number of piperidine rings is 1. The van der Waals surface area contributed by atoms with E-state index >= 15 is 0 Å². The molecule has 0 bridgehead atoms. The van der Waals surface area contributed by atoms with Gasteiger partial charge in [-0.25, -0.2) is 0 Å². The Labute approximate surface area is 161 Å². The van der Waals surface area contributed by atoms with Crippen LogP contribution in [-0.4, -0.2) is 37.0 Å². The number of aryl methyl sites for hydroxylation is 1. The van der Waals surface area contributed by atoms with E-state index in [-0.39, 0.29) is 5.91 Å². The molecule has 2 aliphatic rings. The largest absolute Gasteiger partial charge is 0.489 e. The smallest absolute Gasteiger partial charge is 0.253 e. The number of nitrogens with zero attached hydrogens (tertiary/aromatic N) is 1. The number of rotatable bonds is 4. The van der Waals surface area contributed by atoms with Crippen molar-refractivity contribution >= 4 is 5.91 Å². The van der Waals surface area contributed by atoms with E-state index in [1.807, 2.05) is 35.2 Å². The molecule has 2 fully saturated rings. The Morgan fingerprint density at radius 1 is 1.11 bits per heavy atom. The predicted octanol–water partition coefficient (Wildman–Crippen LogP) is 3.79. The number of amides is 1. The van der Waals surface area contributed by atoms with Crippen LogP contribution in [0, 0.1) is 12.3 Å². The number of hydrogen-bond donors (Lipinski definition) is 1. The van der Waals surface area contributed by atoms with Crippen molar-refractivity contribution < 1.29 is 9.53 Å². The molecule has 1 amide bonds. The third-order valence-electron chi connectivity index (χ3n) is 6.01. The Bertz CT molecular complexity index is 802. The number of carbonyl (C=O) groups excluding carboxylic acids is 1. The molecule has 0 radical (unpaired) electrons. The van der Waals surface area contributed by atoms with E-state index in [0.717, 1.165) is 55.9 Å². The molecular formula is C23H28N2O2. The monoisotopic (exact) mass is 364 g/mol. The fourth-order valence-corrected chi connectivity index (χ4v) is 4.28. The average molecular weight is 364 g/mol. The summed E-state index contributed by atoms with van der Waals surface area (Å²) in [5.74, 6) is 0.868. The van der Waals surface area contributed by atoms with Crippen molar-refractivity contribution in [2.24, 2.45) is 5.41 Å². The number of ether oxygens (including phenoxy) is 1. The van der Waals surface area contributed by atoms with Gasteiger partial charge in [-0.1, -0.05) is 35.9 Å². The van der Waals surface area contributed by atoms with Crippen molar-refractivity contribution in [2.75, 3.05) is 26.2 Å². The molecule has 1 N–H and O–H groups in total. The van der Waals surface area contributed by atoms with Gasteiger partial charge in [0.1, 0.15) is 12.4 Å². The second kappa shape index (κ2) is 7.73. The minimum atomic E-state index is 0.122. The van der Waals surface area contributed by atoms with Crippen molar-refractivity contribution in [1.29, 1.82) is 0 Å². The SMILES string of the molecule is Cc1cccc(COc2cccc(C(=O)N3CCC4(CCNC4)CC3)c2)c1. The van der Waals surface area contributed by atoms with Gasteiger partial charge in [0.05, 0.1) is 0 Å². The van der Waals surface area contributed by atoms with Gasteiger partial charge in [-0.3, -0.25) is 4.79 Å². The van der Waals surface area contributed by atoms with Crippen molar-refractivity contribution in [1.82, 2.24) is 10.2 Å². The molecule has 4 heteroatoms. The van der Waals surface area contributed by atoms with Crippen molar-refractivity contribution in [3.8, 4) is 5.75 Å². The van der Waals surface area contributed by atoms with Gasteiger partial charge in [0.25, 0.3) is 5.91 Å². The summed E-state index contributed by atoms with van der Waals surface area (Å²) < 4.78 is 5.92. The highest BCUT2D eigenvalue weighted by Crippen LogP contribution is 2.37. The Morgan fingerprint density at radius 3 is 2.67 bits per heavy atom. The quantitative estimate of drug-likeness (QED) is 0.897. The van der Waals surface area contributed by atoms with Crippen LogP contribution in [0.2, 0.25) is 0 Å². The maximum absolute atomic E-state index is 12.9. The summed E-state index contributed by atoms with van der Waals surface area (Å²) in [6.45, 7) is 6.53. The number of benzene rings is 2. The van der Waals surface area contributed by atoms with E-state index in [9.17, 15) is 4.79 Å². The maximum Gasteiger partial charge on any atom is 0.253 e. The lowest BCUT2D eigenvalue weighted by atomic mass is 9.78. The molecule has 27 heavy (non-hydrogen) atoms. The fraction of sp³-hybridized carbons (Fsp3) is 0.435. The summed E-state index contributed by atoms with van der Waals surface area (Å²) in [7, 11) is 0. The zero-order chi connectivity index (χ0) is 18.7. The molecule has 142 valence electrons. The highest BCUT2D eigenvalue weighted by molar-refractivity contribution is 5.94. The molecule has 0 saturated carbocycles. The first-order valence-corrected chi connectivity index (χ1v) is 9.92. The van der Waals surface area contributed by atoms with Gasteiger partial charge in [-0.2, -0.15) is 0 Å². The van der Waals surface area contributed by atoms with Gasteiger partial charge in [0.2, 0.25) is 0 Å². The fourth-order valence-electron chi connectivity index (χ4n) is 4.28. The Balaban J connectivity index is 1.37. The van der Waals surface area contributed by atoms with Crippen LogP contribution in [0.4, 0.5) is 0 Å². The molecule has 0 atom stereocenters. The molecule has 0 aromatic heterocycles. The van der Waals surface area contributed by atoms with Gasteiger partial charge in [-0.15, -0.1) is 0 Å². The van der Waals surface area contributed by atoms with E-state index in [1.165, 1.54) is 12.0 Å².